The molecule has 0 radical (unpaired) electrons. The third kappa shape index (κ3) is 7.08. The van der Waals surface area contributed by atoms with Crippen LogP contribution in [0, 0.1) is 0 Å². The van der Waals surface area contributed by atoms with Crippen molar-refractivity contribution in [2.24, 2.45) is 11.5 Å². The molecule has 0 unspecified atom stereocenters. The van der Waals surface area contributed by atoms with Gasteiger partial charge in [-0.3, -0.25) is 9.59 Å². The Kier molecular flexibility index (Phi) is 7.79. The number of carbonyl (C=O) groups excluding carboxylic acids is 2. The Bertz CT molecular complexity index is 735. The summed E-state index contributed by atoms with van der Waals surface area (Å²) in [6, 6.07) is 14.7. The molecule has 2 amide bonds. The number of aromatic hydroxyl groups is 1. The van der Waals surface area contributed by atoms with E-state index in [2.05, 4.69) is 10.6 Å². The first-order valence-corrected chi connectivity index (χ1v) is 8.84. The van der Waals surface area contributed by atoms with Gasteiger partial charge in [-0.15, -0.1) is 0 Å². The van der Waals surface area contributed by atoms with Crippen molar-refractivity contribution in [1.29, 1.82) is 0 Å². The number of amides is 2. The second-order valence-electron chi connectivity index (χ2n) is 6.36. The summed E-state index contributed by atoms with van der Waals surface area (Å²) in [5, 5.41) is 14.7. The van der Waals surface area contributed by atoms with E-state index in [0.29, 0.717) is 12.8 Å². The lowest BCUT2D eigenvalue weighted by molar-refractivity contribution is -0.124. The Morgan fingerprint density at radius 1 is 0.778 bits per heavy atom. The van der Waals surface area contributed by atoms with Crippen LogP contribution in [0.25, 0.3) is 0 Å². The third-order valence-electron chi connectivity index (χ3n) is 4.09. The maximum absolute atomic E-state index is 12.0. The lowest BCUT2D eigenvalue weighted by Crippen LogP contribution is -2.47. The number of hydrogen-bond acceptors (Lipinski definition) is 5. The SMILES string of the molecule is N[C@H](Cc1ccccc1)C(=O)NCCNC(=O)[C@@H](N)Cc1ccc(O)cc1. The number of nitrogens with one attached hydrogen (secondary N) is 2. The highest BCUT2D eigenvalue weighted by atomic mass is 16.3. The molecule has 144 valence electrons. The van der Waals surface area contributed by atoms with E-state index in [0.717, 1.165) is 11.1 Å². The van der Waals surface area contributed by atoms with Crippen molar-refractivity contribution in [1.82, 2.24) is 10.6 Å². The standard InChI is InChI=1S/C20H26N4O3/c21-17(12-14-4-2-1-3-5-14)19(26)23-10-11-24-20(27)18(22)13-15-6-8-16(25)9-7-15/h1-9,17-18,25H,10-13,21-22H2,(H,23,26)(H,24,27)/t17-,18+/m1/s1. The zero-order valence-corrected chi connectivity index (χ0v) is 15.1. The predicted molar refractivity (Wildman–Crippen MR) is 104 cm³/mol. The van der Waals surface area contributed by atoms with Gasteiger partial charge in [0.2, 0.25) is 11.8 Å². The van der Waals surface area contributed by atoms with Crippen LogP contribution in [-0.4, -0.2) is 42.1 Å². The van der Waals surface area contributed by atoms with Gasteiger partial charge in [-0.25, -0.2) is 0 Å². The fourth-order valence-corrected chi connectivity index (χ4v) is 2.57. The summed E-state index contributed by atoms with van der Waals surface area (Å²) in [5.74, 6) is -0.398. The minimum Gasteiger partial charge on any atom is -0.508 e. The number of benzene rings is 2. The molecule has 0 spiro atoms. The Hall–Kier alpha value is -2.90. The molecule has 27 heavy (non-hydrogen) atoms. The second-order valence-corrected chi connectivity index (χ2v) is 6.36. The highest BCUT2D eigenvalue weighted by Crippen LogP contribution is 2.10. The van der Waals surface area contributed by atoms with Crippen LogP contribution in [0.2, 0.25) is 0 Å². The molecule has 2 aromatic rings. The van der Waals surface area contributed by atoms with Crippen LogP contribution in [0.1, 0.15) is 11.1 Å². The molecule has 7 nitrogen and oxygen atoms in total. The lowest BCUT2D eigenvalue weighted by atomic mass is 10.1. The quantitative estimate of drug-likeness (QED) is 0.399. The zero-order valence-electron chi connectivity index (χ0n) is 15.1. The van der Waals surface area contributed by atoms with Gasteiger partial charge in [0.25, 0.3) is 0 Å². The molecule has 0 saturated heterocycles. The smallest absolute Gasteiger partial charge is 0.237 e. The number of phenols is 1. The first-order valence-electron chi connectivity index (χ1n) is 8.84. The van der Waals surface area contributed by atoms with Gasteiger partial charge in [-0.05, 0) is 36.1 Å². The van der Waals surface area contributed by atoms with Crippen molar-refractivity contribution in [3.8, 4) is 5.75 Å². The van der Waals surface area contributed by atoms with Gasteiger partial charge in [0, 0.05) is 13.1 Å². The van der Waals surface area contributed by atoms with Crippen LogP contribution < -0.4 is 22.1 Å². The highest BCUT2D eigenvalue weighted by molar-refractivity contribution is 5.83. The van der Waals surface area contributed by atoms with Gasteiger partial charge < -0.3 is 27.2 Å². The van der Waals surface area contributed by atoms with E-state index in [4.69, 9.17) is 11.5 Å². The fourth-order valence-electron chi connectivity index (χ4n) is 2.57. The van der Waals surface area contributed by atoms with Gasteiger partial charge in [0.15, 0.2) is 0 Å². The summed E-state index contributed by atoms with van der Waals surface area (Å²) in [6.07, 6.45) is 0.816. The van der Waals surface area contributed by atoms with E-state index < -0.39 is 12.1 Å². The molecule has 0 heterocycles. The van der Waals surface area contributed by atoms with Crippen molar-refractivity contribution < 1.29 is 14.7 Å². The highest BCUT2D eigenvalue weighted by Gasteiger charge is 2.15. The molecule has 0 aliphatic heterocycles. The summed E-state index contributed by atoms with van der Waals surface area (Å²) >= 11 is 0. The molecular weight excluding hydrogens is 344 g/mol. The van der Waals surface area contributed by atoms with Crippen LogP contribution in [-0.2, 0) is 22.4 Å². The Balaban J connectivity index is 1.65. The molecule has 2 aromatic carbocycles. The predicted octanol–water partition coefficient (Wildman–Crippen LogP) is 0.0644. The first-order chi connectivity index (χ1) is 13.0. The zero-order chi connectivity index (χ0) is 19.6. The van der Waals surface area contributed by atoms with Crippen LogP contribution in [0.3, 0.4) is 0 Å². The van der Waals surface area contributed by atoms with Crippen molar-refractivity contribution in [2.75, 3.05) is 13.1 Å². The van der Waals surface area contributed by atoms with E-state index in [1.165, 1.54) is 0 Å². The number of nitrogens with two attached hydrogens (primary N) is 2. The summed E-state index contributed by atoms with van der Waals surface area (Å²) in [4.78, 5) is 24.0. The first kappa shape index (κ1) is 20.4. The third-order valence-corrected chi connectivity index (χ3v) is 4.09. The van der Waals surface area contributed by atoms with Crippen molar-refractivity contribution >= 4 is 11.8 Å². The molecule has 0 aliphatic rings. The summed E-state index contributed by atoms with van der Waals surface area (Å²) in [5.41, 5.74) is 13.6. The van der Waals surface area contributed by atoms with Crippen LogP contribution in [0.4, 0.5) is 0 Å². The van der Waals surface area contributed by atoms with Gasteiger partial charge in [0.05, 0.1) is 12.1 Å². The summed E-state index contributed by atoms with van der Waals surface area (Å²) in [6.45, 7) is 0.547. The molecule has 0 fully saturated rings. The number of rotatable bonds is 9. The number of hydrogen-bond donors (Lipinski definition) is 5. The second kappa shape index (κ2) is 10.3. The number of carbonyl (C=O) groups is 2. The topological polar surface area (TPSA) is 130 Å². The normalized spacial score (nSPS) is 12.8. The molecular formula is C20H26N4O3. The molecule has 0 saturated carbocycles. The van der Waals surface area contributed by atoms with Gasteiger partial charge in [-0.1, -0.05) is 42.5 Å². The van der Waals surface area contributed by atoms with Crippen LogP contribution >= 0.6 is 0 Å². The Labute approximate surface area is 158 Å². The average Bonchev–Trinajstić information content (AvgIpc) is 2.67. The Morgan fingerprint density at radius 2 is 1.22 bits per heavy atom. The van der Waals surface area contributed by atoms with Crippen LogP contribution in [0.5, 0.6) is 5.75 Å². The maximum atomic E-state index is 12.0. The molecule has 2 atom stereocenters. The van der Waals surface area contributed by atoms with E-state index in [-0.39, 0.29) is 30.7 Å². The molecule has 0 aliphatic carbocycles. The van der Waals surface area contributed by atoms with Crippen molar-refractivity contribution in [3.05, 3.63) is 65.7 Å². The van der Waals surface area contributed by atoms with E-state index >= 15 is 0 Å². The van der Waals surface area contributed by atoms with Crippen molar-refractivity contribution in [3.63, 3.8) is 0 Å². The van der Waals surface area contributed by atoms with Gasteiger partial charge >= 0.3 is 0 Å². The molecule has 0 bridgehead atoms. The van der Waals surface area contributed by atoms with E-state index in [1.807, 2.05) is 30.3 Å². The molecule has 0 aromatic heterocycles. The van der Waals surface area contributed by atoms with E-state index in [9.17, 15) is 14.7 Å². The maximum Gasteiger partial charge on any atom is 0.237 e. The lowest BCUT2D eigenvalue weighted by Gasteiger charge is -2.14. The molecule has 7 heteroatoms. The van der Waals surface area contributed by atoms with Crippen LogP contribution in [0.15, 0.2) is 54.6 Å². The monoisotopic (exact) mass is 370 g/mol. The van der Waals surface area contributed by atoms with Gasteiger partial charge in [-0.2, -0.15) is 0 Å². The van der Waals surface area contributed by atoms with Crippen molar-refractivity contribution in [2.45, 2.75) is 24.9 Å². The van der Waals surface area contributed by atoms with Gasteiger partial charge in [0.1, 0.15) is 5.75 Å². The number of phenolic OH excluding ortho intramolecular Hbond substituents is 1. The fraction of sp³-hybridized carbons (Fsp3) is 0.300. The molecule has 2 rings (SSSR count). The summed E-state index contributed by atoms with van der Waals surface area (Å²) in [7, 11) is 0. The average molecular weight is 370 g/mol. The Morgan fingerprint density at radius 3 is 1.70 bits per heavy atom. The minimum absolute atomic E-state index is 0.165. The minimum atomic E-state index is -0.703. The van der Waals surface area contributed by atoms with E-state index in [1.54, 1.807) is 24.3 Å². The molecule has 7 N–H and O–H groups in total. The largest absolute Gasteiger partial charge is 0.508 e. The summed E-state index contributed by atoms with van der Waals surface area (Å²) < 4.78 is 0.